The number of rotatable bonds is 6. The van der Waals surface area contributed by atoms with E-state index in [1.165, 1.54) is 16.7 Å². The summed E-state index contributed by atoms with van der Waals surface area (Å²) in [4.78, 5) is 25.9. The monoisotopic (exact) mass is 400 g/mol. The standard InChI is InChI=1S/C19H17ClN4O2S/c1-24(2)16(25)14-8-10-15(11-9-14)26-18-21-17(20)22-19(23-18)27-12-13-6-4-3-5-7-13/h3-11H,12H2,1-2H3. The van der Waals surface area contributed by atoms with Gasteiger partial charge in [0, 0.05) is 25.4 Å². The van der Waals surface area contributed by atoms with Crippen molar-refractivity contribution in [3.8, 4) is 11.8 Å². The van der Waals surface area contributed by atoms with Crippen molar-refractivity contribution in [1.82, 2.24) is 19.9 Å². The molecule has 0 saturated carbocycles. The van der Waals surface area contributed by atoms with Crippen LogP contribution in [0, 0.1) is 0 Å². The fraction of sp³-hybridized carbons (Fsp3) is 0.158. The highest BCUT2D eigenvalue weighted by Crippen LogP contribution is 2.24. The highest BCUT2D eigenvalue weighted by Gasteiger charge is 2.10. The molecule has 0 spiro atoms. The Kier molecular flexibility index (Phi) is 6.26. The number of hydrogen-bond donors (Lipinski definition) is 0. The van der Waals surface area contributed by atoms with Crippen molar-refractivity contribution >= 4 is 29.3 Å². The minimum atomic E-state index is -0.0793. The van der Waals surface area contributed by atoms with Gasteiger partial charge in [0.15, 0.2) is 5.16 Å². The summed E-state index contributed by atoms with van der Waals surface area (Å²) in [6.45, 7) is 0. The number of benzene rings is 2. The van der Waals surface area contributed by atoms with Gasteiger partial charge < -0.3 is 9.64 Å². The zero-order valence-electron chi connectivity index (χ0n) is 14.8. The molecule has 1 heterocycles. The maximum atomic E-state index is 11.9. The van der Waals surface area contributed by atoms with E-state index in [1.807, 2.05) is 30.3 Å². The maximum Gasteiger partial charge on any atom is 0.327 e. The second kappa shape index (κ2) is 8.83. The average Bonchev–Trinajstić information content (AvgIpc) is 2.67. The Morgan fingerprint density at radius 3 is 2.41 bits per heavy atom. The lowest BCUT2D eigenvalue weighted by atomic mass is 10.2. The van der Waals surface area contributed by atoms with E-state index in [9.17, 15) is 4.79 Å². The maximum absolute atomic E-state index is 11.9. The van der Waals surface area contributed by atoms with Crippen molar-refractivity contribution in [2.75, 3.05) is 14.1 Å². The highest BCUT2D eigenvalue weighted by atomic mass is 35.5. The number of nitrogens with zero attached hydrogens (tertiary/aromatic N) is 4. The molecule has 3 aromatic rings. The molecule has 0 atom stereocenters. The summed E-state index contributed by atoms with van der Waals surface area (Å²) in [5.74, 6) is 1.14. The van der Waals surface area contributed by atoms with Crippen LogP contribution < -0.4 is 4.74 Å². The summed E-state index contributed by atoms with van der Waals surface area (Å²) in [6.07, 6.45) is 0. The SMILES string of the molecule is CN(C)C(=O)c1ccc(Oc2nc(Cl)nc(SCc3ccccc3)n2)cc1. The molecule has 0 N–H and O–H groups in total. The van der Waals surface area contributed by atoms with Crippen molar-refractivity contribution in [2.24, 2.45) is 0 Å². The van der Waals surface area contributed by atoms with E-state index in [2.05, 4.69) is 15.0 Å². The van der Waals surface area contributed by atoms with Crippen molar-refractivity contribution in [1.29, 1.82) is 0 Å². The molecule has 3 rings (SSSR count). The summed E-state index contributed by atoms with van der Waals surface area (Å²) in [5.41, 5.74) is 1.72. The number of hydrogen-bond acceptors (Lipinski definition) is 6. The molecule has 0 aliphatic carbocycles. The average molecular weight is 401 g/mol. The minimum absolute atomic E-state index is 0.0648. The van der Waals surface area contributed by atoms with E-state index in [0.29, 0.717) is 22.2 Å². The largest absolute Gasteiger partial charge is 0.424 e. The number of aromatic nitrogens is 3. The van der Waals surface area contributed by atoms with Crippen molar-refractivity contribution in [3.05, 3.63) is 71.0 Å². The third-order valence-corrected chi connectivity index (χ3v) is 4.58. The Morgan fingerprint density at radius 2 is 1.74 bits per heavy atom. The quantitative estimate of drug-likeness (QED) is 0.574. The molecule has 1 amide bonds. The number of ether oxygens (including phenoxy) is 1. The van der Waals surface area contributed by atoms with Gasteiger partial charge in [0.2, 0.25) is 5.28 Å². The normalized spacial score (nSPS) is 10.5. The van der Waals surface area contributed by atoms with Crippen LogP contribution in [-0.4, -0.2) is 39.9 Å². The summed E-state index contributed by atoms with van der Waals surface area (Å²) in [6, 6.07) is 16.8. The van der Waals surface area contributed by atoms with Crippen molar-refractivity contribution in [2.45, 2.75) is 10.9 Å². The number of thioether (sulfide) groups is 1. The van der Waals surface area contributed by atoms with E-state index in [1.54, 1.807) is 38.4 Å². The zero-order valence-corrected chi connectivity index (χ0v) is 16.4. The molecule has 2 aromatic carbocycles. The summed E-state index contributed by atoms with van der Waals surface area (Å²) in [5, 5.41) is 0.545. The molecule has 6 nitrogen and oxygen atoms in total. The van der Waals surface area contributed by atoms with E-state index >= 15 is 0 Å². The predicted molar refractivity (Wildman–Crippen MR) is 105 cm³/mol. The van der Waals surface area contributed by atoms with Crippen LogP contribution in [0.5, 0.6) is 11.8 Å². The number of carbonyl (C=O) groups is 1. The molecular weight excluding hydrogens is 384 g/mol. The molecule has 8 heteroatoms. The molecular formula is C19H17ClN4O2S. The third-order valence-electron chi connectivity index (χ3n) is 3.49. The van der Waals surface area contributed by atoms with E-state index in [-0.39, 0.29) is 17.2 Å². The van der Waals surface area contributed by atoms with Gasteiger partial charge in [-0.25, -0.2) is 0 Å². The molecule has 27 heavy (non-hydrogen) atoms. The molecule has 0 bridgehead atoms. The lowest BCUT2D eigenvalue weighted by Crippen LogP contribution is -2.21. The number of amides is 1. The lowest BCUT2D eigenvalue weighted by Gasteiger charge is -2.10. The first-order valence-electron chi connectivity index (χ1n) is 8.09. The molecule has 0 aliphatic heterocycles. The smallest absolute Gasteiger partial charge is 0.327 e. The highest BCUT2D eigenvalue weighted by molar-refractivity contribution is 7.98. The predicted octanol–water partition coefficient (Wildman–Crippen LogP) is 4.31. The van der Waals surface area contributed by atoms with E-state index in [4.69, 9.17) is 16.3 Å². The van der Waals surface area contributed by atoms with Crippen molar-refractivity contribution in [3.63, 3.8) is 0 Å². The van der Waals surface area contributed by atoms with Crippen LogP contribution in [0.4, 0.5) is 0 Å². The van der Waals surface area contributed by atoms with Gasteiger partial charge in [-0.2, -0.15) is 15.0 Å². The minimum Gasteiger partial charge on any atom is -0.424 e. The first-order valence-corrected chi connectivity index (χ1v) is 9.45. The van der Waals surface area contributed by atoms with Gasteiger partial charge in [0.1, 0.15) is 5.75 Å². The molecule has 0 saturated heterocycles. The summed E-state index contributed by atoms with van der Waals surface area (Å²) < 4.78 is 5.66. The first-order chi connectivity index (χ1) is 13.0. The molecule has 0 fully saturated rings. The van der Waals surface area contributed by atoms with Crippen molar-refractivity contribution < 1.29 is 9.53 Å². The molecule has 0 unspecified atom stereocenters. The Balaban J connectivity index is 1.69. The first kappa shape index (κ1) is 19.1. The van der Waals surface area contributed by atoms with Gasteiger partial charge >= 0.3 is 6.01 Å². The van der Waals surface area contributed by atoms with Crippen LogP contribution in [0.2, 0.25) is 5.28 Å². The Morgan fingerprint density at radius 1 is 1.04 bits per heavy atom. The lowest BCUT2D eigenvalue weighted by molar-refractivity contribution is 0.0827. The van der Waals surface area contributed by atoms with Gasteiger partial charge in [-0.05, 0) is 41.4 Å². The van der Waals surface area contributed by atoms with Crippen LogP contribution in [0.25, 0.3) is 0 Å². The second-order valence-electron chi connectivity index (χ2n) is 5.77. The Labute approximate surface area is 166 Å². The topological polar surface area (TPSA) is 68.2 Å². The fourth-order valence-electron chi connectivity index (χ4n) is 2.18. The number of carbonyl (C=O) groups excluding carboxylic acids is 1. The van der Waals surface area contributed by atoms with Gasteiger partial charge in [0.05, 0.1) is 0 Å². The van der Waals surface area contributed by atoms with Crippen LogP contribution in [0.15, 0.2) is 59.8 Å². The number of halogens is 1. The molecule has 138 valence electrons. The molecule has 0 aliphatic rings. The molecule has 0 radical (unpaired) electrons. The van der Waals surface area contributed by atoms with Gasteiger partial charge in [-0.15, -0.1) is 0 Å². The zero-order chi connectivity index (χ0) is 19.2. The summed E-state index contributed by atoms with van der Waals surface area (Å²) in [7, 11) is 3.41. The molecule has 1 aromatic heterocycles. The third kappa shape index (κ3) is 5.42. The van der Waals surface area contributed by atoms with E-state index in [0.717, 1.165) is 5.56 Å². The van der Waals surface area contributed by atoms with Crippen LogP contribution in [-0.2, 0) is 5.75 Å². The summed E-state index contributed by atoms with van der Waals surface area (Å²) >= 11 is 7.44. The second-order valence-corrected chi connectivity index (χ2v) is 7.05. The van der Waals surface area contributed by atoms with Crippen LogP contribution in [0.3, 0.4) is 0 Å². The Hall–Kier alpha value is -2.64. The van der Waals surface area contributed by atoms with Gasteiger partial charge in [-0.1, -0.05) is 42.1 Å². The van der Waals surface area contributed by atoms with E-state index < -0.39 is 0 Å². The van der Waals surface area contributed by atoms with Crippen LogP contribution in [0.1, 0.15) is 15.9 Å². The van der Waals surface area contributed by atoms with Crippen LogP contribution >= 0.6 is 23.4 Å². The Bertz CT molecular complexity index is 921. The van der Waals surface area contributed by atoms with Gasteiger partial charge in [0.25, 0.3) is 5.91 Å². The van der Waals surface area contributed by atoms with Gasteiger partial charge in [-0.3, -0.25) is 4.79 Å². The fourth-order valence-corrected chi connectivity index (χ4v) is 3.16.